The Bertz CT molecular complexity index is 72.6. The molecular formula is C7H19N2Sb. The van der Waals surface area contributed by atoms with Crippen LogP contribution in [-0.2, 0) is 0 Å². The van der Waals surface area contributed by atoms with Crippen molar-refractivity contribution in [1.82, 2.24) is 6.12 Å². The number of nitrogens with zero attached hydrogens (tertiary/aromatic N) is 2. The molecule has 0 unspecified atom stereocenters. The van der Waals surface area contributed by atoms with E-state index in [1.54, 1.807) is 0 Å². The Morgan fingerprint density at radius 3 is 1.20 bits per heavy atom. The molecule has 0 radical (unpaired) electrons. The molecule has 0 heterocycles. The van der Waals surface area contributed by atoms with Crippen molar-refractivity contribution in [3.8, 4) is 0 Å². The SMILES string of the molecule is C[CH](C)[Sb]([N](C)C)[N](C)C. The van der Waals surface area contributed by atoms with Crippen molar-refractivity contribution < 1.29 is 0 Å². The van der Waals surface area contributed by atoms with Crippen LogP contribution in [0, 0.1) is 0 Å². The molecule has 0 saturated carbocycles. The van der Waals surface area contributed by atoms with Gasteiger partial charge in [-0.25, -0.2) is 0 Å². The second kappa shape index (κ2) is 4.58. The predicted octanol–water partition coefficient (Wildman–Crippen LogP) is 1.01. The van der Waals surface area contributed by atoms with Gasteiger partial charge in [0, 0.05) is 0 Å². The van der Waals surface area contributed by atoms with Crippen LogP contribution in [0.1, 0.15) is 13.8 Å². The molecule has 0 bridgehead atoms. The molecule has 0 fully saturated rings. The Morgan fingerprint density at radius 1 is 0.900 bits per heavy atom. The van der Waals surface area contributed by atoms with E-state index >= 15 is 0 Å². The fourth-order valence-electron chi connectivity index (χ4n) is 1.28. The standard InChI is InChI=1S/C3H7.2C2H6N.Sb/c3*1-3-2;/h3H,1-2H3;2*1-2H3;/q;2*-1;+2. The zero-order chi connectivity index (χ0) is 8.31. The monoisotopic (exact) mass is 252 g/mol. The van der Waals surface area contributed by atoms with Gasteiger partial charge in [-0.1, -0.05) is 0 Å². The van der Waals surface area contributed by atoms with Crippen molar-refractivity contribution in [1.29, 1.82) is 0 Å². The Labute approximate surface area is 72.9 Å². The minimum absolute atomic E-state index is 0.869. The Morgan fingerprint density at radius 2 is 1.20 bits per heavy atom. The zero-order valence-electron chi connectivity index (χ0n) is 7.92. The predicted molar refractivity (Wildman–Crippen MR) is 48.2 cm³/mol. The van der Waals surface area contributed by atoms with Crippen molar-refractivity contribution in [2.45, 2.75) is 17.7 Å². The average molecular weight is 253 g/mol. The topological polar surface area (TPSA) is 6.48 Å². The first kappa shape index (κ1) is 10.7. The fraction of sp³-hybridized carbons (Fsp3) is 1.00. The minimum atomic E-state index is -1.22. The van der Waals surface area contributed by atoms with E-state index in [0.717, 1.165) is 3.86 Å². The first-order valence-corrected chi connectivity index (χ1v) is 7.36. The van der Waals surface area contributed by atoms with Gasteiger partial charge in [0.15, 0.2) is 0 Å². The molecule has 0 rings (SSSR count). The molecule has 0 spiro atoms. The average Bonchev–Trinajstić information content (AvgIpc) is 1.59. The Hall–Kier alpha value is 0.738. The van der Waals surface area contributed by atoms with Gasteiger partial charge in [0.1, 0.15) is 0 Å². The molecule has 0 aliphatic rings. The van der Waals surface area contributed by atoms with Crippen molar-refractivity contribution >= 4 is 20.8 Å². The summed E-state index contributed by atoms with van der Waals surface area (Å²) in [6.07, 6.45) is 0. The summed E-state index contributed by atoms with van der Waals surface area (Å²) in [7, 11) is 8.79. The van der Waals surface area contributed by atoms with Gasteiger partial charge in [-0.3, -0.25) is 0 Å². The van der Waals surface area contributed by atoms with Gasteiger partial charge in [-0.15, -0.1) is 0 Å². The van der Waals surface area contributed by atoms with Gasteiger partial charge in [-0.2, -0.15) is 0 Å². The molecular weight excluding hydrogens is 234 g/mol. The zero-order valence-corrected chi connectivity index (χ0v) is 10.5. The van der Waals surface area contributed by atoms with Crippen LogP contribution in [0.15, 0.2) is 0 Å². The second-order valence-corrected chi connectivity index (χ2v) is 12.5. The fourth-order valence-corrected chi connectivity index (χ4v) is 8.60. The van der Waals surface area contributed by atoms with E-state index in [1.807, 2.05) is 0 Å². The first-order valence-electron chi connectivity index (χ1n) is 3.60. The molecule has 62 valence electrons. The van der Waals surface area contributed by atoms with E-state index in [2.05, 4.69) is 48.2 Å². The van der Waals surface area contributed by atoms with Crippen LogP contribution in [0.3, 0.4) is 0 Å². The third-order valence-corrected chi connectivity index (χ3v) is 8.60. The van der Waals surface area contributed by atoms with Crippen LogP contribution < -0.4 is 0 Å². The molecule has 0 aromatic carbocycles. The normalized spacial score (nSPS) is 12.6. The summed E-state index contributed by atoms with van der Waals surface area (Å²) in [6, 6.07) is 0. The van der Waals surface area contributed by atoms with Crippen molar-refractivity contribution in [3.63, 3.8) is 0 Å². The number of hydrogen-bond donors (Lipinski definition) is 0. The first-order chi connectivity index (χ1) is 4.46. The van der Waals surface area contributed by atoms with Gasteiger partial charge in [0.2, 0.25) is 0 Å². The van der Waals surface area contributed by atoms with Crippen molar-refractivity contribution in [3.05, 3.63) is 0 Å². The second-order valence-electron chi connectivity index (χ2n) is 3.11. The molecule has 0 atom stereocenters. The van der Waals surface area contributed by atoms with E-state index in [4.69, 9.17) is 0 Å². The van der Waals surface area contributed by atoms with Gasteiger partial charge >= 0.3 is 72.8 Å². The van der Waals surface area contributed by atoms with Gasteiger partial charge in [-0.05, 0) is 0 Å². The maximum atomic E-state index is 2.42. The van der Waals surface area contributed by atoms with Crippen LogP contribution in [0.5, 0.6) is 0 Å². The number of rotatable bonds is 3. The van der Waals surface area contributed by atoms with Gasteiger partial charge < -0.3 is 0 Å². The van der Waals surface area contributed by atoms with E-state index in [9.17, 15) is 0 Å². The molecule has 0 aromatic rings. The van der Waals surface area contributed by atoms with Crippen LogP contribution in [-0.4, -0.2) is 55.1 Å². The van der Waals surface area contributed by atoms with E-state index in [-0.39, 0.29) is 0 Å². The number of hydrogen-bond acceptors (Lipinski definition) is 2. The maximum absolute atomic E-state index is 2.42. The van der Waals surface area contributed by atoms with Gasteiger partial charge in [0.25, 0.3) is 0 Å². The third kappa shape index (κ3) is 3.22. The molecule has 0 aliphatic heterocycles. The molecule has 0 aliphatic carbocycles. The molecule has 3 heteroatoms. The summed E-state index contributed by atoms with van der Waals surface area (Å²) in [5.74, 6) is 0. The van der Waals surface area contributed by atoms with Crippen molar-refractivity contribution in [2.75, 3.05) is 28.2 Å². The van der Waals surface area contributed by atoms with Crippen LogP contribution >= 0.6 is 0 Å². The van der Waals surface area contributed by atoms with Crippen molar-refractivity contribution in [2.24, 2.45) is 0 Å². The Kier molecular flexibility index (Phi) is 4.92. The summed E-state index contributed by atoms with van der Waals surface area (Å²) < 4.78 is 5.72. The van der Waals surface area contributed by atoms with Crippen LogP contribution in [0.2, 0.25) is 3.86 Å². The van der Waals surface area contributed by atoms with Crippen LogP contribution in [0.25, 0.3) is 0 Å². The summed E-state index contributed by atoms with van der Waals surface area (Å²) in [5, 5.41) is 0. The molecule has 0 saturated heterocycles. The summed E-state index contributed by atoms with van der Waals surface area (Å²) >= 11 is -1.22. The Balaban J connectivity index is 3.98. The molecule has 10 heavy (non-hydrogen) atoms. The molecule has 2 nitrogen and oxygen atoms in total. The summed E-state index contributed by atoms with van der Waals surface area (Å²) in [6.45, 7) is 4.64. The third-order valence-electron chi connectivity index (χ3n) is 1.28. The van der Waals surface area contributed by atoms with E-state index < -0.39 is 20.8 Å². The summed E-state index contributed by atoms with van der Waals surface area (Å²) in [4.78, 5) is 0. The van der Waals surface area contributed by atoms with Gasteiger partial charge in [0.05, 0.1) is 0 Å². The molecule has 0 N–H and O–H groups in total. The molecule has 0 amide bonds. The quantitative estimate of drug-likeness (QED) is 0.692. The molecule has 0 aromatic heterocycles. The van der Waals surface area contributed by atoms with E-state index in [0.29, 0.717) is 0 Å². The summed E-state index contributed by atoms with van der Waals surface area (Å²) in [5.41, 5.74) is 0. The van der Waals surface area contributed by atoms with E-state index in [1.165, 1.54) is 0 Å². The van der Waals surface area contributed by atoms with Crippen LogP contribution in [0.4, 0.5) is 0 Å².